The summed E-state index contributed by atoms with van der Waals surface area (Å²) in [5.41, 5.74) is -0.755. The molecule has 1 spiro atoms. The lowest BCUT2D eigenvalue weighted by Gasteiger charge is -2.15. The second-order valence-electron chi connectivity index (χ2n) is 6.84. The van der Waals surface area contributed by atoms with E-state index in [1.54, 1.807) is 0 Å². The Morgan fingerprint density at radius 3 is 2.63 bits per heavy atom. The third-order valence-corrected chi connectivity index (χ3v) is 5.89. The molecule has 0 bridgehead atoms. The molecule has 1 aromatic heterocycles. The zero-order valence-corrected chi connectivity index (χ0v) is 15.7. The van der Waals surface area contributed by atoms with Gasteiger partial charge in [0.2, 0.25) is 5.88 Å². The summed E-state index contributed by atoms with van der Waals surface area (Å²) in [4.78, 5) is 15.2. The number of hydrogen-bond donors (Lipinski definition) is 2. The van der Waals surface area contributed by atoms with Crippen molar-refractivity contribution >= 4 is 21.6 Å². The maximum absolute atomic E-state index is 13.5. The molecule has 1 aliphatic carbocycles. The lowest BCUT2D eigenvalue weighted by atomic mass is 10.2. The molecule has 2 aromatic rings. The van der Waals surface area contributed by atoms with E-state index in [0.29, 0.717) is 18.2 Å². The number of carbonyl (C=O) groups is 1. The molecule has 1 aliphatic heterocycles. The van der Waals surface area contributed by atoms with Gasteiger partial charge in [-0.3, -0.25) is 9.52 Å². The zero-order valence-electron chi connectivity index (χ0n) is 14.9. The van der Waals surface area contributed by atoms with Gasteiger partial charge in [-0.05, 0) is 37.1 Å². The first-order valence-electron chi connectivity index (χ1n) is 8.50. The van der Waals surface area contributed by atoms with E-state index in [0.717, 1.165) is 25.1 Å². The lowest BCUT2D eigenvalue weighted by Crippen LogP contribution is -2.38. The molecule has 2 aliphatic rings. The quantitative estimate of drug-likeness (QED) is 0.698. The van der Waals surface area contributed by atoms with Gasteiger partial charge in [0.15, 0.2) is 0 Å². The molecular formula is C17H13F4N3O5S. The van der Waals surface area contributed by atoms with Gasteiger partial charge >= 0.3 is 6.36 Å². The van der Waals surface area contributed by atoms with Crippen LogP contribution in [0.5, 0.6) is 11.6 Å². The Morgan fingerprint density at radius 2 is 1.97 bits per heavy atom. The fraction of sp³-hybridized carbons (Fsp3) is 0.294. The van der Waals surface area contributed by atoms with Crippen LogP contribution >= 0.6 is 0 Å². The van der Waals surface area contributed by atoms with Crippen LogP contribution < -0.4 is 19.5 Å². The average Bonchev–Trinajstić information content (AvgIpc) is 3.41. The Hall–Kier alpha value is -3.09. The molecular weight excluding hydrogens is 434 g/mol. The van der Waals surface area contributed by atoms with Crippen LogP contribution in [0.3, 0.4) is 0 Å². The summed E-state index contributed by atoms with van der Waals surface area (Å²) >= 11 is 0. The van der Waals surface area contributed by atoms with Crippen LogP contribution in [0.2, 0.25) is 0 Å². The number of amides is 1. The molecule has 1 fully saturated rings. The Bertz CT molecular complexity index is 1130. The number of pyridine rings is 1. The van der Waals surface area contributed by atoms with Crippen LogP contribution in [-0.4, -0.2) is 37.8 Å². The van der Waals surface area contributed by atoms with E-state index < -0.39 is 44.3 Å². The highest BCUT2D eigenvalue weighted by molar-refractivity contribution is 7.92. The molecule has 13 heteroatoms. The third-order valence-electron chi connectivity index (χ3n) is 4.49. The maximum Gasteiger partial charge on any atom is 0.573 e. The summed E-state index contributed by atoms with van der Waals surface area (Å²) in [6.45, 7) is 0.214. The first-order chi connectivity index (χ1) is 14.0. The molecule has 30 heavy (non-hydrogen) atoms. The van der Waals surface area contributed by atoms with Gasteiger partial charge in [-0.25, -0.2) is 17.8 Å². The van der Waals surface area contributed by atoms with Crippen molar-refractivity contribution in [2.45, 2.75) is 29.6 Å². The molecule has 160 valence electrons. The van der Waals surface area contributed by atoms with Crippen molar-refractivity contribution in [1.82, 2.24) is 10.3 Å². The second kappa shape index (κ2) is 6.72. The number of anilines is 1. The number of hydrogen-bond acceptors (Lipinski definition) is 6. The molecule has 0 unspecified atom stereocenters. The number of nitrogens with zero attached hydrogens (tertiary/aromatic N) is 1. The number of nitrogens with one attached hydrogen (secondary N) is 2. The summed E-state index contributed by atoms with van der Waals surface area (Å²) in [5.74, 6) is -2.74. The van der Waals surface area contributed by atoms with Crippen molar-refractivity contribution in [1.29, 1.82) is 0 Å². The molecule has 1 saturated carbocycles. The van der Waals surface area contributed by atoms with Gasteiger partial charge in [0.05, 0.1) is 17.4 Å². The van der Waals surface area contributed by atoms with Gasteiger partial charge in [-0.15, -0.1) is 13.2 Å². The highest BCUT2D eigenvalue weighted by Crippen LogP contribution is 2.39. The maximum atomic E-state index is 13.5. The fourth-order valence-corrected chi connectivity index (χ4v) is 4.04. The largest absolute Gasteiger partial charge is 0.573 e. The minimum atomic E-state index is -5.19. The predicted molar refractivity (Wildman–Crippen MR) is 93.1 cm³/mol. The number of carbonyl (C=O) groups excluding carboxylic acids is 1. The summed E-state index contributed by atoms with van der Waals surface area (Å²) < 4.78 is 87.6. The van der Waals surface area contributed by atoms with E-state index in [1.165, 1.54) is 0 Å². The van der Waals surface area contributed by atoms with Crippen LogP contribution in [0.25, 0.3) is 0 Å². The van der Waals surface area contributed by atoms with E-state index in [4.69, 9.17) is 4.74 Å². The standard InChI is InChI=1S/C17H13F4N3O5S/c18-9-1-2-12(29-17(19,20)21)13(5-9)30(26,27)24-10-6-11-14(25)23-16(3-4-16)8-28-15(11)22-7-10/h1-2,5-7,24H,3-4,8H2,(H,23,25). The number of fused-ring (bicyclic) bond motifs is 1. The first-order valence-corrected chi connectivity index (χ1v) is 9.98. The lowest BCUT2D eigenvalue weighted by molar-refractivity contribution is -0.275. The third kappa shape index (κ3) is 4.10. The molecule has 4 rings (SSSR count). The topological polar surface area (TPSA) is 107 Å². The van der Waals surface area contributed by atoms with Gasteiger partial charge in [-0.2, -0.15) is 0 Å². The van der Waals surface area contributed by atoms with Gasteiger partial charge < -0.3 is 14.8 Å². The van der Waals surface area contributed by atoms with E-state index in [2.05, 4.69) is 15.0 Å². The Labute approximate surface area is 167 Å². The highest BCUT2D eigenvalue weighted by Gasteiger charge is 2.47. The van der Waals surface area contributed by atoms with Crippen molar-refractivity contribution in [3.05, 3.63) is 41.8 Å². The first kappa shape index (κ1) is 20.2. The molecule has 1 aromatic carbocycles. The summed E-state index contributed by atoms with van der Waals surface area (Å²) in [5, 5.41) is 2.77. The summed E-state index contributed by atoms with van der Waals surface area (Å²) in [7, 11) is -4.73. The smallest absolute Gasteiger partial charge is 0.475 e. The second-order valence-corrected chi connectivity index (χ2v) is 8.50. The number of ether oxygens (including phenoxy) is 2. The van der Waals surface area contributed by atoms with Crippen molar-refractivity contribution in [2.24, 2.45) is 0 Å². The van der Waals surface area contributed by atoms with Gasteiger partial charge in [-0.1, -0.05) is 0 Å². The Kier molecular flexibility index (Phi) is 4.52. The minimum absolute atomic E-state index is 0.00827. The Balaban J connectivity index is 1.65. The van der Waals surface area contributed by atoms with Crippen LogP contribution in [0.4, 0.5) is 23.2 Å². The molecule has 2 heterocycles. The van der Waals surface area contributed by atoms with Gasteiger partial charge in [0, 0.05) is 0 Å². The van der Waals surface area contributed by atoms with Gasteiger partial charge in [0.1, 0.15) is 28.6 Å². The van der Waals surface area contributed by atoms with Crippen molar-refractivity contribution in [2.75, 3.05) is 11.3 Å². The number of benzene rings is 1. The summed E-state index contributed by atoms with van der Waals surface area (Å²) in [6, 6.07) is 2.68. The minimum Gasteiger partial charge on any atom is -0.475 e. The number of rotatable bonds is 4. The molecule has 2 N–H and O–H groups in total. The van der Waals surface area contributed by atoms with Crippen molar-refractivity contribution in [3.8, 4) is 11.6 Å². The monoisotopic (exact) mass is 447 g/mol. The molecule has 1 amide bonds. The van der Waals surface area contributed by atoms with Crippen molar-refractivity contribution < 1.29 is 40.2 Å². The number of halogens is 4. The SMILES string of the molecule is O=C1NC2(CC2)COc2ncc(NS(=O)(=O)c3cc(F)ccc3OC(F)(F)F)cc21. The molecule has 0 radical (unpaired) electrons. The van der Waals surface area contributed by atoms with E-state index in [9.17, 15) is 30.8 Å². The van der Waals surface area contributed by atoms with Gasteiger partial charge in [0.25, 0.3) is 15.9 Å². The predicted octanol–water partition coefficient (Wildman–Crippen LogP) is 2.57. The average molecular weight is 447 g/mol. The van der Waals surface area contributed by atoms with Crippen molar-refractivity contribution in [3.63, 3.8) is 0 Å². The fourth-order valence-electron chi connectivity index (χ4n) is 2.87. The molecule has 0 saturated heterocycles. The molecule has 8 nitrogen and oxygen atoms in total. The summed E-state index contributed by atoms with van der Waals surface area (Å²) in [6.07, 6.45) is -2.71. The van der Waals surface area contributed by atoms with E-state index in [1.807, 2.05) is 4.72 Å². The number of sulfonamides is 1. The van der Waals surface area contributed by atoms with Crippen LogP contribution in [0, 0.1) is 5.82 Å². The molecule has 0 atom stereocenters. The van der Waals surface area contributed by atoms with E-state index >= 15 is 0 Å². The zero-order chi connectivity index (χ0) is 21.7. The van der Waals surface area contributed by atoms with Crippen LogP contribution in [0.15, 0.2) is 35.4 Å². The van der Waals surface area contributed by atoms with Crippen LogP contribution in [0.1, 0.15) is 23.2 Å². The number of aromatic nitrogens is 1. The van der Waals surface area contributed by atoms with Crippen LogP contribution in [-0.2, 0) is 10.0 Å². The number of alkyl halides is 3. The highest BCUT2D eigenvalue weighted by atomic mass is 32.2. The van der Waals surface area contributed by atoms with E-state index in [-0.39, 0.29) is 23.7 Å². The Morgan fingerprint density at radius 1 is 1.23 bits per heavy atom. The normalized spacial score (nSPS) is 17.4.